The van der Waals surface area contributed by atoms with Crippen LogP contribution in [0.25, 0.3) is 0 Å². The fourth-order valence-electron chi connectivity index (χ4n) is 3.78. The Balaban J connectivity index is 1.76. The molecule has 0 aromatic heterocycles. The molecule has 1 amide bonds. The second-order valence-corrected chi connectivity index (χ2v) is 10.1. The van der Waals surface area contributed by atoms with Gasteiger partial charge in [0.25, 0.3) is 10.0 Å². The molecule has 6 heteroatoms. The first-order chi connectivity index (χ1) is 13.6. The summed E-state index contributed by atoms with van der Waals surface area (Å²) >= 11 is 0. The van der Waals surface area contributed by atoms with Crippen LogP contribution in [0.5, 0.6) is 5.75 Å². The molecule has 1 aliphatic carbocycles. The number of hydrogen-bond donors (Lipinski definition) is 1. The van der Waals surface area contributed by atoms with E-state index < -0.39 is 21.3 Å². The average Bonchev–Trinajstić information content (AvgIpc) is 3.44. The fraction of sp³-hybridized carbons (Fsp3) is 0.348. The van der Waals surface area contributed by atoms with Gasteiger partial charge in [0, 0.05) is 6.07 Å². The predicted molar refractivity (Wildman–Crippen MR) is 113 cm³/mol. The highest BCUT2D eigenvalue weighted by Gasteiger charge is 2.65. The van der Waals surface area contributed by atoms with Gasteiger partial charge in [0.1, 0.15) is 12.4 Å². The highest BCUT2D eigenvalue weighted by molar-refractivity contribution is 7.90. The van der Waals surface area contributed by atoms with Crippen molar-refractivity contribution in [2.75, 3.05) is 0 Å². The summed E-state index contributed by atoms with van der Waals surface area (Å²) in [7, 11) is -4.01. The second-order valence-electron chi connectivity index (χ2n) is 8.45. The summed E-state index contributed by atoms with van der Waals surface area (Å²) in [5, 5.41) is 0. The number of rotatable bonds is 7. The molecule has 2 atom stereocenters. The Morgan fingerprint density at radius 3 is 2.48 bits per heavy atom. The van der Waals surface area contributed by atoms with Crippen molar-refractivity contribution in [1.29, 1.82) is 0 Å². The number of carbonyl (C=O) groups is 1. The van der Waals surface area contributed by atoms with Gasteiger partial charge in [-0.3, -0.25) is 4.79 Å². The number of ether oxygens (including phenoxy) is 1. The Morgan fingerprint density at radius 2 is 1.90 bits per heavy atom. The van der Waals surface area contributed by atoms with Crippen LogP contribution in [-0.4, -0.2) is 14.3 Å². The maximum atomic E-state index is 13.0. The molecule has 2 aromatic rings. The number of hydrogen-bond acceptors (Lipinski definition) is 4. The lowest BCUT2D eigenvalue weighted by Gasteiger charge is -2.30. The van der Waals surface area contributed by atoms with Crippen LogP contribution in [-0.2, 0) is 21.4 Å². The summed E-state index contributed by atoms with van der Waals surface area (Å²) < 4.78 is 33.7. The van der Waals surface area contributed by atoms with Gasteiger partial charge in [-0.15, -0.1) is 6.58 Å². The number of carbonyl (C=O) groups excluding carboxylic acids is 1. The second kappa shape index (κ2) is 7.67. The van der Waals surface area contributed by atoms with Crippen molar-refractivity contribution in [3.05, 3.63) is 72.8 Å². The van der Waals surface area contributed by atoms with Crippen LogP contribution in [0, 0.1) is 16.7 Å². The number of amides is 1. The summed E-state index contributed by atoms with van der Waals surface area (Å²) in [5.74, 6) is -0.0890. The molecular weight excluding hydrogens is 386 g/mol. The Labute approximate surface area is 172 Å². The minimum Gasteiger partial charge on any atom is -0.489 e. The highest BCUT2D eigenvalue weighted by atomic mass is 32.2. The van der Waals surface area contributed by atoms with E-state index in [0.29, 0.717) is 18.8 Å². The fourth-order valence-corrected chi connectivity index (χ4v) is 4.85. The lowest BCUT2D eigenvalue weighted by atomic mass is 9.75. The number of allylic oxidation sites excluding steroid dienone is 1. The van der Waals surface area contributed by atoms with E-state index in [1.807, 2.05) is 51.1 Å². The molecule has 0 bridgehead atoms. The van der Waals surface area contributed by atoms with Crippen LogP contribution in [0.2, 0.25) is 0 Å². The van der Waals surface area contributed by atoms with Crippen molar-refractivity contribution < 1.29 is 17.9 Å². The zero-order chi connectivity index (χ0) is 21.3. The van der Waals surface area contributed by atoms with E-state index in [4.69, 9.17) is 4.74 Å². The molecule has 2 aromatic carbocycles. The zero-order valence-corrected chi connectivity index (χ0v) is 17.8. The van der Waals surface area contributed by atoms with Gasteiger partial charge in [-0.05, 0) is 35.4 Å². The van der Waals surface area contributed by atoms with E-state index in [2.05, 4.69) is 11.3 Å². The van der Waals surface area contributed by atoms with Crippen LogP contribution in [0.3, 0.4) is 0 Å². The zero-order valence-electron chi connectivity index (χ0n) is 17.0. The summed E-state index contributed by atoms with van der Waals surface area (Å²) in [6.45, 7) is 9.94. The Morgan fingerprint density at radius 1 is 1.21 bits per heavy atom. The minimum absolute atomic E-state index is 0.00345. The van der Waals surface area contributed by atoms with Crippen molar-refractivity contribution >= 4 is 15.9 Å². The Kier molecular flexibility index (Phi) is 5.59. The molecule has 3 rings (SSSR count). The summed E-state index contributed by atoms with van der Waals surface area (Å²) in [4.78, 5) is 13.0. The van der Waals surface area contributed by atoms with Gasteiger partial charge in [0.05, 0.1) is 10.3 Å². The normalized spacial score (nSPS) is 21.3. The SMILES string of the molecule is C=C[C@@H]1C[C@@]1(C(=O)NS(=O)(=O)c1cccc(OCc2ccccc2)c1)C(C)(C)C. The maximum absolute atomic E-state index is 13.0. The first-order valence-corrected chi connectivity index (χ1v) is 11.0. The quantitative estimate of drug-likeness (QED) is 0.687. The molecule has 1 N–H and O–H groups in total. The Hall–Kier alpha value is -2.60. The number of sulfonamides is 1. The van der Waals surface area contributed by atoms with Gasteiger partial charge in [-0.25, -0.2) is 13.1 Å². The van der Waals surface area contributed by atoms with Gasteiger partial charge in [-0.2, -0.15) is 0 Å². The molecule has 1 fully saturated rings. The van der Waals surface area contributed by atoms with Crippen molar-refractivity contribution in [3.63, 3.8) is 0 Å². The van der Waals surface area contributed by atoms with E-state index in [1.54, 1.807) is 18.2 Å². The summed E-state index contributed by atoms with van der Waals surface area (Å²) in [5.41, 5.74) is -0.166. The van der Waals surface area contributed by atoms with Crippen LogP contribution in [0.15, 0.2) is 72.1 Å². The van der Waals surface area contributed by atoms with Crippen molar-refractivity contribution in [2.45, 2.75) is 38.7 Å². The van der Waals surface area contributed by atoms with Crippen LogP contribution in [0.1, 0.15) is 32.8 Å². The minimum atomic E-state index is -4.01. The third-order valence-electron chi connectivity index (χ3n) is 5.63. The van der Waals surface area contributed by atoms with Gasteiger partial charge < -0.3 is 4.74 Å². The van der Waals surface area contributed by atoms with E-state index in [1.165, 1.54) is 12.1 Å². The first kappa shape index (κ1) is 21.1. The van der Waals surface area contributed by atoms with Gasteiger partial charge in [-0.1, -0.05) is 63.2 Å². The molecule has 0 unspecified atom stereocenters. The largest absolute Gasteiger partial charge is 0.489 e. The Bertz CT molecular complexity index is 1010. The maximum Gasteiger partial charge on any atom is 0.264 e. The topological polar surface area (TPSA) is 72.5 Å². The van der Waals surface area contributed by atoms with Crippen molar-refractivity contribution in [3.8, 4) is 5.75 Å². The van der Waals surface area contributed by atoms with E-state index in [-0.39, 0.29) is 16.2 Å². The predicted octanol–water partition coefficient (Wildman–Crippen LogP) is 4.31. The van der Waals surface area contributed by atoms with Gasteiger partial charge >= 0.3 is 0 Å². The molecule has 0 radical (unpaired) electrons. The monoisotopic (exact) mass is 413 g/mol. The van der Waals surface area contributed by atoms with Crippen molar-refractivity contribution in [2.24, 2.45) is 16.7 Å². The number of nitrogens with one attached hydrogen (secondary N) is 1. The van der Waals surface area contributed by atoms with E-state index in [9.17, 15) is 13.2 Å². The molecule has 154 valence electrons. The van der Waals surface area contributed by atoms with E-state index >= 15 is 0 Å². The average molecular weight is 414 g/mol. The summed E-state index contributed by atoms with van der Waals surface area (Å²) in [6.07, 6.45) is 2.33. The van der Waals surface area contributed by atoms with Gasteiger partial charge in [0.15, 0.2) is 0 Å². The molecular formula is C23H27NO4S. The van der Waals surface area contributed by atoms with Crippen LogP contribution in [0.4, 0.5) is 0 Å². The third-order valence-corrected chi connectivity index (χ3v) is 6.96. The molecule has 0 saturated heterocycles. The molecule has 0 heterocycles. The smallest absolute Gasteiger partial charge is 0.264 e. The van der Waals surface area contributed by atoms with Crippen molar-refractivity contribution in [1.82, 2.24) is 4.72 Å². The lowest BCUT2D eigenvalue weighted by Crippen LogP contribution is -2.43. The highest BCUT2D eigenvalue weighted by Crippen LogP contribution is 2.64. The summed E-state index contributed by atoms with van der Waals surface area (Å²) in [6, 6.07) is 15.8. The molecule has 1 saturated carbocycles. The number of benzene rings is 2. The first-order valence-electron chi connectivity index (χ1n) is 9.57. The van der Waals surface area contributed by atoms with Crippen LogP contribution >= 0.6 is 0 Å². The van der Waals surface area contributed by atoms with Gasteiger partial charge in [0.2, 0.25) is 5.91 Å². The van der Waals surface area contributed by atoms with E-state index in [0.717, 1.165) is 5.56 Å². The standard InChI is InChI=1S/C23H27NO4S/c1-5-18-15-23(18,22(2,3)4)21(25)24-29(26,27)20-13-9-12-19(14-20)28-16-17-10-7-6-8-11-17/h5-14,18H,1,15-16H2,2-4H3,(H,24,25)/t18-,23-/m1/s1. The molecule has 5 nitrogen and oxygen atoms in total. The molecule has 0 spiro atoms. The molecule has 29 heavy (non-hydrogen) atoms. The molecule has 1 aliphatic rings. The third kappa shape index (κ3) is 4.22. The lowest BCUT2D eigenvalue weighted by molar-refractivity contribution is -0.128. The molecule has 0 aliphatic heterocycles. The van der Waals surface area contributed by atoms with Crippen LogP contribution < -0.4 is 9.46 Å².